The Morgan fingerprint density at radius 3 is 2.68 bits per heavy atom. The Morgan fingerprint density at radius 2 is 2.00 bits per heavy atom. The van der Waals surface area contributed by atoms with Gasteiger partial charge in [-0.2, -0.15) is 0 Å². The average molecular weight is 260 g/mol. The number of carbonyl (C=O) groups is 1. The second-order valence-electron chi connectivity index (χ2n) is 5.26. The molecule has 19 heavy (non-hydrogen) atoms. The van der Waals surface area contributed by atoms with Crippen molar-refractivity contribution in [3.05, 3.63) is 41.5 Å². The number of ether oxygens (including phenoxy) is 1. The molecule has 1 unspecified atom stereocenters. The van der Waals surface area contributed by atoms with Crippen molar-refractivity contribution in [3.8, 4) is 5.75 Å². The van der Waals surface area contributed by atoms with E-state index in [1.807, 2.05) is 18.2 Å². The predicted octanol–water partition coefficient (Wildman–Crippen LogP) is 4.65. The Balaban J connectivity index is 2.29. The molecule has 104 valence electrons. The van der Waals surface area contributed by atoms with Crippen LogP contribution in [0.15, 0.2) is 35.9 Å². The standard InChI is InChI=1S/C17H24O2/c1-14(2)7-6-8-15(3)11-12-19-17-10-5-4-9-16(17)13-18/h4-5,7,9-10,13,15H,6,8,11-12H2,1-3H3. The lowest BCUT2D eigenvalue weighted by molar-refractivity contribution is 0.111. The Kier molecular flexibility index (Phi) is 6.94. The van der Waals surface area contributed by atoms with E-state index in [1.165, 1.54) is 12.0 Å². The van der Waals surface area contributed by atoms with E-state index in [9.17, 15) is 4.79 Å². The minimum absolute atomic E-state index is 0.625. The monoisotopic (exact) mass is 260 g/mol. The smallest absolute Gasteiger partial charge is 0.153 e. The Labute approximate surface area is 116 Å². The molecule has 2 heteroatoms. The summed E-state index contributed by atoms with van der Waals surface area (Å²) in [4.78, 5) is 10.8. The van der Waals surface area contributed by atoms with E-state index in [2.05, 4.69) is 26.8 Å². The highest BCUT2D eigenvalue weighted by Crippen LogP contribution is 2.17. The third-order valence-corrected chi connectivity index (χ3v) is 3.13. The summed E-state index contributed by atoms with van der Waals surface area (Å²) in [7, 11) is 0. The van der Waals surface area contributed by atoms with Crippen LogP contribution >= 0.6 is 0 Å². The zero-order chi connectivity index (χ0) is 14.1. The van der Waals surface area contributed by atoms with Crippen LogP contribution < -0.4 is 4.74 Å². The quantitative estimate of drug-likeness (QED) is 0.502. The lowest BCUT2D eigenvalue weighted by Crippen LogP contribution is -2.05. The van der Waals surface area contributed by atoms with E-state index < -0.39 is 0 Å². The molecular formula is C17H24O2. The highest BCUT2D eigenvalue weighted by Gasteiger charge is 2.04. The summed E-state index contributed by atoms with van der Waals surface area (Å²) >= 11 is 0. The molecule has 0 heterocycles. The molecule has 0 amide bonds. The number of hydrogen-bond acceptors (Lipinski definition) is 2. The van der Waals surface area contributed by atoms with Gasteiger partial charge >= 0.3 is 0 Å². The lowest BCUT2D eigenvalue weighted by Gasteiger charge is -2.12. The van der Waals surface area contributed by atoms with E-state index >= 15 is 0 Å². The lowest BCUT2D eigenvalue weighted by atomic mass is 10.0. The highest BCUT2D eigenvalue weighted by molar-refractivity contribution is 5.79. The summed E-state index contributed by atoms with van der Waals surface area (Å²) in [5.41, 5.74) is 2.00. The van der Waals surface area contributed by atoms with Crippen LogP contribution in [0.5, 0.6) is 5.75 Å². The molecule has 0 aliphatic carbocycles. The molecule has 0 saturated heterocycles. The van der Waals surface area contributed by atoms with Crippen LogP contribution in [0.1, 0.15) is 50.4 Å². The van der Waals surface area contributed by atoms with Gasteiger partial charge in [-0.25, -0.2) is 0 Å². The Bertz CT molecular complexity index is 417. The molecule has 1 atom stereocenters. The molecule has 1 aromatic rings. The molecule has 0 aliphatic rings. The number of para-hydroxylation sites is 1. The van der Waals surface area contributed by atoms with Gasteiger partial charge in [0.05, 0.1) is 12.2 Å². The van der Waals surface area contributed by atoms with Gasteiger partial charge in [0.2, 0.25) is 0 Å². The summed E-state index contributed by atoms with van der Waals surface area (Å²) < 4.78 is 5.68. The maximum atomic E-state index is 10.8. The van der Waals surface area contributed by atoms with Crippen molar-refractivity contribution < 1.29 is 9.53 Å². The van der Waals surface area contributed by atoms with Gasteiger partial charge in [-0.1, -0.05) is 30.7 Å². The highest BCUT2D eigenvalue weighted by atomic mass is 16.5. The molecule has 1 rings (SSSR count). The van der Waals surface area contributed by atoms with Crippen LogP contribution in [0.2, 0.25) is 0 Å². The van der Waals surface area contributed by atoms with E-state index in [0.717, 1.165) is 19.1 Å². The van der Waals surface area contributed by atoms with E-state index in [-0.39, 0.29) is 0 Å². The average Bonchev–Trinajstić information content (AvgIpc) is 2.39. The fourth-order valence-corrected chi connectivity index (χ4v) is 1.88. The molecule has 0 fully saturated rings. The number of aldehydes is 1. The first-order valence-electron chi connectivity index (χ1n) is 6.94. The van der Waals surface area contributed by atoms with E-state index in [1.54, 1.807) is 6.07 Å². The van der Waals surface area contributed by atoms with E-state index in [0.29, 0.717) is 23.8 Å². The van der Waals surface area contributed by atoms with Crippen LogP contribution in [-0.4, -0.2) is 12.9 Å². The number of allylic oxidation sites excluding steroid dienone is 2. The molecule has 1 aromatic carbocycles. The van der Waals surface area contributed by atoms with Gasteiger partial charge in [-0.3, -0.25) is 4.79 Å². The van der Waals surface area contributed by atoms with Crippen LogP contribution in [0.4, 0.5) is 0 Å². The first kappa shape index (κ1) is 15.5. The number of carbonyl (C=O) groups excluding carboxylic acids is 1. The number of rotatable bonds is 8. The second kappa shape index (κ2) is 8.52. The number of hydrogen-bond donors (Lipinski definition) is 0. The van der Waals surface area contributed by atoms with Gasteiger partial charge in [0.15, 0.2) is 6.29 Å². The molecule has 0 spiro atoms. The maximum absolute atomic E-state index is 10.8. The molecule has 0 saturated carbocycles. The van der Waals surface area contributed by atoms with Crippen molar-refractivity contribution in [1.29, 1.82) is 0 Å². The van der Waals surface area contributed by atoms with Crippen molar-refractivity contribution in [2.24, 2.45) is 5.92 Å². The van der Waals surface area contributed by atoms with Crippen molar-refractivity contribution in [2.45, 2.75) is 40.0 Å². The Hall–Kier alpha value is -1.57. The minimum atomic E-state index is 0.625. The van der Waals surface area contributed by atoms with Gasteiger partial charge in [0.25, 0.3) is 0 Å². The van der Waals surface area contributed by atoms with Crippen LogP contribution in [0.25, 0.3) is 0 Å². The molecule has 0 aliphatic heterocycles. The molecule has 0 bridgehead atoms. The van der Waals surface area contributed by atoms with Gasteiger partial charge in [-0.05, 0) is 51.2 Å². The first-order valence-corrected chi connectivity index (χ1v) is 6.94. The summed E-state index contributed by atoms with van der Waals surface area (Å²) in [6.07, 6.45) is 6.45. The van der Waals surface area contributed by atoms with Gasteiger partial charge < -0.3 is 4.74 Å². The van der Waals surface area contributed by atoms with Crippen molar-refractivity contribution >= 4 is 6.29 Å². The molecule has 0 aromatic heterocycles. The second-order valence-corrected chi connectivity index (χ2v) is 5.26. The van der Waals surface area contributed by atoms with Crippen LogP contribution in [0.3, 0.4) is 0 Å². The van der Waals surface area contributed by atoms with Crippen molar-refractivity contribution in [3.63, 3.8) is 0 Å². The van der Waals surface area contributed by atoms with Gasteiger partial charge in [-0.15, -0.1) is 0 Å². The zero-order valence-electron chi connectivity index (χ0n) is 12.2. The minimum Gasteiger partial charge on any atom is -0.493 e. The van der Waals surface area contributed by atoms with Crippen molar-refractivity contribution in [2.75, 3.05) is 6.61 Å². The van der Waals surface area contributed by atoms with Crippen LogP contribution in [0, 0.1) is 5.92 Å². The summed E-state index contributed by atoms with van der Waals surface area (Å²) in [5.74, 6) is 1.33. The molecule has 0 N–H and O–H groups in total. The zero-order valence-corrected chi connectivity index (χ0v) is 12.2. The maximum Gasteiger partial charge on any atom is 0.153 e. The molecule has 0 radical (unpaired) electrons. The van der Waals surface area contributed by atoms with E-state index in [4.69, 9.17) is 4.74 Å². The summed E-state index contributed by atoms with van der Waals surface area (Å²) in [6, 6.07) is 7.36. The fourth-order valence-electron chi connectivity index (χ4n) is 1.88. The van der Waals surface area contributed by atoms with Crippen LogP contribution in [-0.2, 0) is 0 Å². The third-order valence-electron chi connectivity index (χ3n) is 3.13. The fraction of sp³-hybridized carbons (Fsp3) is 0.471. The van der Waals surface area contributed by atoms with Gasteiger partial charge in [0, 0.05) is 0 Å². The normalized spacial score (nSPS) is 11.7. The summed E-state index contributed by atoms with van der Waals surface area (Å²) in [6.45, 7) is 7.17. The SMILES string of the molecule is CC(C)=CCCC(C)CCOc1ccccc1C=O. The first-order chi connectivity index (χ1) is 9.13. The molecule has 2 nitrogen and oxygen atoms in total. The molecular weight excluding hydrogens is 236 g/mol. The predicted molar refractivity (Wildman–Crippen MR) is 79.8 cm³/mol. The topological polar surface area (TPSA) is 26.3 Å². The van der Waals surface area contributed by atoms with Crippen molar-refractivity contribution in [1.82, 2.24) is 0 Å². The number of benzene rings is 1. The third kappa shape index (κ3) is 6.23. The van der Waals surface area contributed by atoms with Gasteiger partial charge in [0.1, 0.15) is 5.75 Å². The largest absolute Gasteiger partial charge is 0.493 e. The Morgan fingerprint density at radius 1 is 1.26 bits per heavy atom. The summed E-state index contributed by atoms with van der Waals surface area (Å²) in [5, 5.41) is 0.